The molecule has 158 valence electrons. The number of sulfone groups is 1. The van der Waals surface area contributed by atoms with Gasteiger partial charge in [-0.25, -0.2) is 13.2 Å². The quantitative estimate of drug-likeness (QED) is 0.480. The Hall–Kier alpha value is -3.05. The third-order valence-corrected chi connectivity index (χ3v) is 6.62. The number of aliphatic hydroxyl groups is 1. The van der Waals surface area contributed by atoms with Gasteiger partial charge in [0.15, 0.2) is 27.9 Å². The van der Waals surface area contributed by atoms with Crippen LogP contribution in [0.2, 0.25) is 0 Å². The standard InChI is InChI=1S/C19H20N4O6S/c1-10(24)16-15-9-14(17(19(26)27)23(15)18(16)25)11-6-12(22-5-4-21(2)20-22)8-13(7-11)30(3,28)29/h4-8,10,15-16,24H,9H2,1-3H3/p+1. The maximum atomic E-state index is 12.4. The van der Waals surface area contributed by atoms with E-state index in [-0.39, 0.29) is 17.0 Å². The smallest absolute Gasteiger partial charge is 0.352 e. The summed E-state index contributed by atoms with van der Waals surface area (Å²) in [4.78, 5) is 25.6. The number of benzene rings is 1. The van der Waals surface area contributed by atoms with Crippen molar-refractivity contribution in [2.45, 2.75) is 30.4 Å². The van der Waals surface area contributed by atoms with E-state index in [9.17, 15) is 28.2 Å². The van der Waals surface area contributed by atoms with E-state index in [1.165, 1.54) is 28.6 Å². The third kappa shape index (κ3) is 3.10. The molecule has 30 heavy (non-hydrogen) atoms. The lowest BCUT2D eigenvalue weighted by molar-refractivity contribution is -0.731. The molecule has 2 N–H and O–H groups in total. The zero-order valence-corrected chi connectivity index (χ0v) is 17.4. The van der Waals surface area contributed by atoms with E-state index in [0.717, 1.165) is 6.26 Å². The number of aliphatic carboxylic acids is 1. The van der Waals surface area contributed by atoms with Crippen LogP contribution in [-0.2, 0) is 26.5 Å². The summed E-state index contributed by atoms with van der Waals surface area (Å²) in [5.74, 6) is -2.40. The van der Waals surface area contributed by atoms with Gasteiger partial charge in [-0.05, 0) is 36.6 Å². The normalized spacial score (nSPS) is 22.1. The number of aliphatic hydroxyl groups excluding tert-OH is 1. The van der Waals surface area contributed by atoms with Crippen molar-refractivity contribution >= 4 is 27.3 Å². The molecule has 2 aliphatic rings. The molecule has 1 aromatic heterocycles. The Morgan fingerprint density at radius 3 is 2.57 bits per heavy atom. The maximum Gasteiger partial charge on any atom is 0.352 e. The zero-order chi connectivity index (χ0) is 22.0. The Kier molecular flexibility index (Phi) is 4.55. The summed E-state index contributed by atoms with van der Waals surface area (Å²) in [5, 5.41) is 23.9. The van der Waals surface area contributed by atoms with Gasteiger partial charge >= 0.3 is 5.97 Å². The summed E-state index contributed by atoms with van der Waals surface area (Å²) < 4.78 is 27.6. The van der Waals surface area contributed by atoms with Crippen LogP contribution in [-0.4, -0.2) is 63.7 Å². The molecular formula is C19H21N4O6S+. The average Bonchev–Trinajstić information content (AvgIpc) is 3.22. The Balaban J connectivity index is 1.89. The highest BCUT2D eigenvalue weighted by atomic mass is 32.2. The average molecular weight is 433 g/mol. The Morgan fingerprint density at radius 2 is 2.03 bits per heavy atom. The van der Waals surface area contributed by atoms with Crippen LogP contribution in [0.25, 0.3) is 11.3 Å². The molecule has 11 heteroatoms. The minimum absolute atomic E-state index is 0.0121. The molecule has 2 aromatic rings. The van der Waals surface area contributed by atoms with E-state index in [0.29, 0.717) is 16.8 Å². The first-order valence-corrected chi connectivity index (χ1v) is 11.1. The minimum atomic E-state index is -3.60. The fourth-order valence-corrected chi connectivity index (χ4v) is 4.82. The molecule has 3 unspecified atom stereocenters. The van der Waals surface area contributed by atoms with E-state index in [4.69, 9.17) is 0 Å². The molecule has 4 rings (SSSR count). The van der Waals surface area contributed by atoms with Crippen LogP contribution in [0.1, 0.15) is 18.9 Å². The molecule has 0 aliphatic carbocycles. The number of hydrogen-bond acceptors (Lipinski definition) is 6. The number of aromatic nitrogens is 3. The van der Waals surface area contributed by atoms with E-state index < -0.39 is 39.8 Å². The Labute approximate surface area is 172 Å². The highest BCUT2D eigenvalue weighted by Gasteiger charge is 2.56. The molecule has 0 bridgehead atoms. The second kappa shape index (κ2) is 6.74. The van der Waals surface area contributed by atoms with Crippen LogP contribution < -0.4 is 4.68 Å². The van der Waals surface area contributed by atoms with Gasteiger partial charge in [-0.2, -0.15) is 0 Å². The van der Waals surface area contributed by atoms with E-state index in [1.54, 1.807) is 30.2 Å². The highest BCUT2D eigenvalue weighted by molar-refractivity contribution is 7.90. The molecular weight excluding hydrogens is 412 g/mol. The van der Waals surface area contributed by atoms with Crippen molar-refractivity contribution in [3.05, 3.63) is 41.9 Å². The molecule has 3 heterocycles. The summed E-state index contributed by atoms with van der Waals surface area (Å²) in [6, 6.07) is 4.05. The minimum Gasteiger partial charge on any atom is -0.477 e. The monoisotopic (exact) mass is 433 g/mol. The van der Waals surface area contributed by atoms with Gasteiger partial charge in [0, 0.05) is 12.3 Å². The first-order chi connectivity index (χ1) is 14.0. The predicted molar refractivity (Wildman–Crippen MR) is 103 cm³/mol. The van der Waals surface area contributed by atoms with Crippen LogP contribution in [0.15, 0.2) is 41.2 Å². The number of hydrogen-bond donors (Lipinski definition) is 2. The van der Waals surface area contributed by atoms with Gasteiger partial charge in [0.2, 0.25) is 5.91 Å². The molecule has 10 nitrogen and oxygen atoms in total. The molecule has 0 saturated carbocycles. The Bertz CT molecular complexity index is 1210. The second-order valence-corrected chi connectivity index (χ2v) is 9.69. The van der Waals surface area contributed by atoms with Gasteiger partial charge < -0.3 is 15.1 Å². The number of amides is 1. The number of carboxylic acids is 1. The predicted octanol–water partition coefficient (Wildman–Crippen LogP) is -0.492. The summed E-state index contributed by atoms with van der Waals surface area (Å²) >= 11 is 0. The van der Waals surface area contributed by atoms with Gasteiger partial charge in [-0.15, -0.1) is 9.36 Å². The molecule has 0 radical (unpaired) electrons. The molecule has 3 atom stereocenters. The van der Waals surface area contributed by atoms with Gasteiger partial charge in [-0.3, -0.25) is 4.79 Å². The van der Waals surface area contributed by atoms with Crippen molar-refractivity contribution in [3.8, 4) is 5.69 Å². The number of rotatable bonds is 5. The van der Waals surface area contributed by atoms with Crippen molar-refractivity contribution in [2.24, 2.45) is 13.0 Å². The van der Waals surface area contributed by atoms with Gasteiger partial charge in [-0.1, -0.05) is 0 Å². The van der Waals surface area contributed by atoms with Gasteiger partial charge in [0.1, 0.15) is 12.7 Å². The van der Waals surface area contributed by atoms with Crippen LogP contribution >= 0.6 is 0 Å². The zero-order valence-electron chi connectivity index (χ0n) is 16.6. The summed E-state index contributed by atoms with van der Waals surface area (Å²) in [5.41, 5.74) is 1.00. The third-order valence-electron chi connectivity index (χ3n) is 5.52. The van der Waals surface area contributed by atoms with Crippen LogP contribution in [0.4, 0.5) is 0 Å². The number of β-lactam (4-membered cyclic amide) rings is 1. The van der Waals surface area contributed by atoms with Crippen molar-refractivity contribution in [2.75, 3.05) is 6.26 Å². The Morgan fingerprint density at radius 1 is 1.33 bits per heavy atom. The first-order valence-electron chi connectivity index (χ1n) is 9.24. The first kappa shape index (κ1) is 20.2. The number of aryl methyl sites for hydroxylation is 1. The molecule has 1 saturated heterocycles. The second-order valence-electron chi connectivity index (χ2n) is 7.67. The van der Waals surface area contributed by atoms with Crippen molar-refractivity contribution in [3.63, 3.8) is 0 Å². The number of nitrogens with zero attached hydrogens (tertiary/aromatic N) is 4. The van der Waals surface area contributed by atoms with Crippen molar-refractivity contribution in [1.82, 2.24) is 14.8 Å². The molecule has 1 fully saturated rings. The number of carbonyl (C=O) groups excluding carboxylic acids is 1. The summed E-state index contributed by atoms with van der Waals surface area (Å²) in [6.07, 6.45) is 3.70. The topological polar surface area (TPSA) is 134 Å². The molecule has 0 spiro atoms. The SMILES string of the molecule is CC(O)C1C(=O)N2C(C(=O)O)=C(c3cc(-n4cc[n+](C)n4)cc(S(C)(=O)=O)c3)CC12. The lowest BCUT2D eigenvalue weighted by Gasteiger charge is -2.44. The van der Waals surface area contributed by atoms with Crippen LogP contribution in [0, 0.1) is 5.92 Å². The highest BCUT2D eigenvalue weighted by Crippen LogP contribution is 2.47. The fourth-order valence-electron chi connectivity index (χ4n) is 4.14. The number of carboxylic acid groups (broad SMARTS) is 1. The lowest BCUT2D eigenvalue weighted by atomic mass is 9.82. The number of fused-ring (bicyclic) bond motifs is 1. The fraction of sp³-hybridized carbons (Fsp3) is 0.368. The number of carbonyl (C=O) groups is 2. The summed E-state index contributed by atoms with van der Waals surface area (Å²) in [6.45, 7) is 1.50. The van der Waals surface area contributed by atoms with E-state index >= 15 is 0 Å². The van der Waals surface area contributed by atoms with E-state index in [1.807, 2.05) is 0 Å². The van der Waals surface area contributed by atoms with Crippen molar-refractivity contribution in [1.29, 1.82) is 0 Å². The lowest BCUT2D eigenvalue weighted by Crippen LogP contribution is -2.61. The summed E-state index contributed by atoms with van der Waals surface area (Å²) in [7, 11) is -1.89. The van der Waals surface area contributed by atoms with Gasteiger partial charge in [0.05, 0.1) is 28.2 Å². The van der Waals surface area contributed by atoms with E-state index in [2.05, 4.69) is 5.21 Å². The maximum absolute atomic E-state index is 12.4. The van der Waals surface area contributed by atoms with Crippen molar-refractivity contribution < 1.29 is 32.9 Å². The largest absolute Gasteiger partial charge is 0.477 e. The molecule has 1 aromatic carbocycles. The van der Waals surface area contributed by atoms with Crippen LogP contribution in [0.3, 0.4) is 0 Å². The molecule has 2 aliphatic heterocycles. The molecule has 1 amide bonds. The van der Waals surface area contributed by atoms with Crippen LogP contribution in [0.5, 0.6) is 0 Å². The van der Waals surface area contributed by atoms with Gasteiger partial charge in [0.25, 0.3) is 0 Å².